The largest absolute Gasteiger partial charge is 0.493 e. The summed E-state index contributed by atoms with van der Waals surface area (Å²) in [6, 6.07) is 15.0. The molecule has 1 aromatic heterocycles. The molecule has 0 aliphatic heterocycles. The van der Waals surface area contributed by atoms with Crippen LogP contribution in [0.15, 0.2) is 54.0 Å². The zero-order valence-corrected chi connectivity index (χ0v) is 16.3. The Kier molecular flexibility index (Phi) is 5.97. The van der Waals surface area contributed by atoms with E-state index in [1.165, 1.54) is 11.3 Å². The lowest BCUT2D eigenvalue weighted by Crippen LogP contribution is -1.94. The zero-order chi connectivity index (χ0) is 19.2. The number of halogens is 1. The highest BCUT2D eigenvalue weighted by Gasteiger charge is 2.10. The number of allylic oxidation sites excluding steroid dienone is 1. The van der Waals surface area contributed by atoms with E-state index in [0.717, 1.165) is 16.9 Å². The van der Waals surface area contributed by atoms with Crippen molar-refractivity contribution >= 4 is 34.2 Å². The van der Waals surface area contributed by atoms with Gasteiger partial charge in [-0.15, -0.1) is 11.3 Å². The Morgan fingerprint density at radius 3 is 2.56 bits per heavy atom. The van der Waals surface area contributed by atoms with Crippen LogP contribution in [0.2, 0.25) is 5.02 Å². The van der Waals surface area contributed by atoms with Gasteiger partial charge in [-0.25, -0.2) is 4.98 Å². The monoisotopic (exact) mass is 397 g/mol. The lowest BCUT2D eigenvalue weighted by Gasteiger charge is -2.09. The van der Waals surface area contributed by atoms with E-state index in [1.807, 2.05) is 35.7 Å². The summed E-state index contributed by atoms with van der Waals surface area (Å²) in [4.78, 5) is 4.55. The molecule has 2 aromatic carbocycles. The van der Waals surface area contributed by atoms with Gasteiger partial charge in [-0.05, 0) is 24.3 Å². The quantitative estimate of drug-likeness (QED) is 0.559. The number of aromatic nitrogens is 1. The van der Waals surface area contributed by atoms with Gasteiger partial charge < -0.3 is 14.8 Å². The molecule has 136 valence electrons. The Morgan fingerprint density at radius 2 is 1.89 bits per heavy atom. The van der Waals surface area contributed by atoms with Crippen LogP contribution in [0.5, 0.6) is 11.5 Å². The fraction of sp³-hybridized carbons (Fsp3) is 0.100. The number of nitrogens with one attached hydrogen (secondary N) is 1. The normalized spacial score (nSPS) is 11.0. The van der Waals surface area contributed by atoms with Crippen molar-refractivity contribution in [1.82, 2.24) is 4.98 Å². The third-order valence-electron chi connectivity index (χ3n) is 3.76. The molecule has 0 atom stereocenters. The van der Waals surface area contributed by atoms with Crippen LogP contribution in [0.4, 0.5) is 5.69 Å². The predicted molar refractivity (Wildman–Crippen MR) is 109 cm³/mol. The Morgan fingerprint density at radius 1 is 1.15 bits per heavy atom. The molecule has 0 radical (unpaired) electrons. The second kappa shape index (κ2) is 8.58. The smallest absolute Gasteiger partial charge is 0.162 e. The Bertz CT molecular complexity index is 1010. The van der Waals surface area contributed by atoms with E-state index in [4.69, 9.17) is 21.1 Å². The van der Waals surface area contributed by atoms with E-state index >= 15 is 0 Å². The molecule has 0 saturated heterocycles. The van der Waals surface area contributed by atoms with Crippen LogP contribution in [0.3, 0.4) is 0 Å². The van der Waals surface area contributed by atoms with Gasteiger partial charge in [0.1, 0.15) is 16.6 Å². The van der Waals surface area contributed by atoms with Crippen LogP contribution in [-0.2, 0) is 0 Å². The summed E-state index contributed by atoms with van der Waals surface area (Å²) in [5.41, 5.74) is 2.97. The highest BCUT2D eigenvalue weighted by Crippen LogP contribution is 2.30. The fourth-order valence-corrected chi connectivity index (χ4v) is 3.29. The van der Waals surface area contributed by atoms with Gasteiger partial charge in [0.05, 0.1) is 19.9 Å². The van der Waals surface area contributed by atoms with Crippen molar-refractivity contribution in [2.75, 3.05) is 19.5 Å². The average Bonchev–Trinajstić information content (AvgIpc) is 3.18. The number of methoxy groups -OCH3 is 2. The van der Waals surface area contributed by atoms with Crippen LogP contribution in [-0.4, -0.2) is 19.2 Å². The number of thiazole rings is 1. The number of anilines is 1. The highest BCUT2D eigenvalue weighted by atomic mass is 35.5. The maximum absolute atomic E-state index is 9.50. The Balaban J connectivity index is 1.81. The van der Waals surface area contributed by atoms with Gasteiger partial charge in [0.2, 0.25) is 0 Å². The van der Waals surface area contributed by atoms with E-state index in [1.54, 1.807) is 32.6 Å². The number of nitriles is 1. The summed E-state index contributed by atoms with van der Waals surface area (Å²) in [6.07, 6.45) is 1.63. The summed E-state index contributed by atoms with van der Waals surface area (Å²) in [5.74, 6) is 1.24. The first-order chi connectivity index (χ1) is 13.1. The Hall–Kier alpha value is -3.01. The summed E-state index contributed by atoms with van der Waals surface area (Å²) in [7, 11) is 3.16. The first-order valence-electron chi connectivity index (χ1n) is 7.95. The standard InChI is InChI=1S/C20H16ClN3O2S/c1-25-18-8-7-16(9-19(18)26-2)23-11-14(10-22)20-24-17(12-27-20)13-3-5-15(21)6-4-13/h3-9,11-12,23H,1-2H3/b14-11+. The van der Waals surface area contributed by atoms with Gasteiger partial charge in [-0.2, -0.15) is 5.26 Å². The molecule has 27 heavy (non-hydrogen) atoms. The van der Waals surface area contributed by atoms with Gasteiger partial charge in [0.15, 0.2) is 11.5 Å². The molecular formula is C20H16ClN3O2S. The molecule has 5 nitrogen and oxygen atoms in total. The van der Waals surface area contributed by atoms with E-state index in [9.17, 15) is 5.26 Å². The number of nitrogens with zero attached hydrogens (tertiary/aromatic N) is 2. The van der Waals surface area contributed by atoms with Crippen LogP contribution >= 0.6 is 22.9 Å². The molecule has 0 aliphatic rings. The van der Waals surface area contributed by atoms with E-state index in [-0.39, 0.29) is 0 Å². The minimum Gasteiger partial charge on any atom is -0.493 e. The van der Waals surface area contributed by atoms with E-state index in [2.05, 4.69) is 16.4 Å². The predicted octanol–water partition coefficient (Wildman–Crippen LogP) is 5.46. The minimum atomic E-state index is 0.440. The number of hydrogen-bond acceptors (Lipinski definition) is 6. The van der Waals surface area contributed by atoms with Gasteiger partial charge in [0, 0.05) is 33.9 Å². The maximum Gasteiger partial charge on any atom is 0.162 e. The molecule has 3 aromatic rings. The van der Waals surface area contributed by atoms with Crippen molar-refractivity contribution in [1.29, 1.82) is 5.26 Å². The molecule has 3 rings (SSSR count). The molecular weight excluding hydrogens is 382 g/mol. The summed E-state index contributed by atoms with van der Waals surface area (Å²) in [5, 5.41) is 15.8. The molecule has 0 amide bonds. The molecule has 0 bridgehead atoms. The molecule has 0 unspecified atom stereocenters. The third kappa shape index (κ3) is 4.40. The van der Waals surface area contributed by atoms with Crippen LogP contribution in [0.25, 0.3) is 16.8 Å². The maximum atomic E-state index is 9.50. The SMILES string of the molecule is COc1ccc(N/C=C(\C#N)c2nc(-c3ccc(Cl)cc3)cs2)cc1OC. The minimum absolute atomic E-state index is 0.440. The second-order valence-electron chi connectivity index (χ2n) is 5.43. The zero-order valence-electron chi connectivity index (χ0n) is 14.7. The second-order valence-corrected chi connectivity index (χ2v) is 6.72. The van der Waals surface area contributed by atoms with Crippen molar-refractivity contribution in [3.05, 3.63) is 64.1 Å². The van der Waals surface area contributed by atoms with Crippen molar-refractivity contribution in [2.24, 2.45) is 0 Å². The highest BCUT2D eigenvalue weighted by molar-refractivity contribution is 7.11. The van der Waals surface area contributed by atoms with Gasteiger partial charge in [-0.1, -0.05) is 23.7 Å². The van der Waals surface area contributed by atoms with Crippen LogP contribution < -0.4 is 14.8 Å². The lowest BCUT2D eigenvalue weighted by atomic mass is 10.2. The van der Waals surface area contributed by atoms with Gasteiger partial charge in [0.25, 0.3) is 0 Å². The molecule has 0 saturated carbocycles. The van der Waals surface area contributed by atoms with Crippen molar-refractivity contribution < 1.29 is 9.47 Å². The first-order valence-corrected chi connectivity index (χ1v) is 9.21. The number of rotatable bonds is 6. The van der Waals surface area contributed by atoms with Crippen molar-refractivity contribution in [2.45, 2.75) is 0 Å². The molecule has 7 heteroatoms. The molecule has 1 heterocycles. The lowest BCUT2D eigenvalue weighted by molar-refractivity contribution is 0.355. The van der Waals surface area contributed by atoms with Crippen LogP contribution in [0.1, 0.15) is 5.01 Å². The summed E-state index contributed by atoms with van der Waals surface area (Å²) < 4.78 is 10.5. The average molecular weight is 398 g/mol. The Labute approximate surface area is 166 Å². The molecule has 0 spiro atoms. The molecule has 0 aliphatic carbocycles. The molecule has 1 N–H and O–H groups in total. The number of ether oxygens (including phenoxy) is 2. The molecule has 0 fully saturated rings. The van der Waals surface area contributed by atoms with Crippen molar-refractivity contribution in [3.63, 3.8) is 0 Å². The number of hydrogen-bond donors (Lipinski definition) is 1. The fourth-order valence-electron chi connectivity index (χ4n) is 2.37. The third-order valence-corrected chi connectivity index (χ3v) is 4.89. The first kappa shape index (κ1) is 18.8. The van der Waals surface area contributed by atoms with E-state index < -0.39 is 0 Å². The summed E-state index contributed by atoms with van der Waals surface area (Å²) >= 11 is 7.33. The van der Waals surface area contributed by atoms with Gasteiger partial charge in [-0.3, -0.25) is 0 Å². The number of benzene rings is 2. The van der Waals surface area contributed by atoms with Gasteiger partial charge >= 0.3 is 0 Å². The van der Waals surface area contributed by atoms with E-state index in [0.29, 0.717) is 27.1 Å². The summed E-state index contributed by atoms with van der Waals surface area (Å²) in [6.45, 7) is 0. The topological polar surface area (TPSA) is 67.2 Å². The van der Waals surface area contributed by atoms with Crippen LogP contribution in [0, 0.1) is 11.3 Å². The van der Waals surface area contributed by atoms with Crippen molar-refractivity contribution in [3.8, 4) is 28.8 Å².